The molecule has 0 aromatic heterocycles. The van der Waals surface area contributed by atoms with Gasteiger partial charge >= 0.3 is 0 Å². The smallest absolute Gasteiger partial charge is 0.159 e. The first-order valence-electron chi connectivity index (χ1n) is 13.0. The van der Waals surface area contributed by atoms with Gasteiger partial charge in [0.25, 0.3) is 0 Å². The normalized spacial score (nSPS) is 46.1. The van der Waals surface area contributed by atoms with Gasteiger partial charge in [0.2, 0.25) is 0 Å². The number of carbonyl (C=O) groups excluding carboxylic acids is 1. The molecule has 0 heterocycles. The van der Waals surface area contributed by atoms with E-state index in [1.807, 2.05) is 13.8 Å². The van der Waals surface area contributed by atoms with Crippen LogP contribution in [0, 0.1) is 28.6 Å². The molecule has 4 rings (SSSR count). The second-order valence-electron chi connectivity index (χ2n) is 13.2. The number of hydrogen-bond acceptors (Lipinski definition) is 7. The molecular weight excluding hydrogens is 448 g/mol. The molecule has 0 bridgehead atoms. The highest BCUT2D eigenvalue weighted by Crippen LogP contribution is 2.68. The van der Waals surface area contributed by atoms with Crippen LogP contribution in [0.15, 0.2) is 23.8 Å². The predicted octanol–water partition coefficient (Wildman–Crippen LogP) is 2.02. The van der Waals surface area contributed by atoms with E-state index in [4.69, 9.17) is 0 Å². The number of fused-ring (bicyclic) bond motifs is 5. The van der Waals surface area contributed by atoms with Crippen LogP contribution in [0.1, 0.15) is 79.6 Å². The molecule has 0 aliphatic heterocycles. The van der Waals surface area contributed by atoms with Crippen molar-refractivity contribution < 1.29 is 35.4 Å². The van der Waals surface area contributed by atoms with Gasteiger partial charge in [0.1, 0.15) is 0 Å². The van der Waals surface area contributed by atoms with Crippen molar-refractivity contribution in [3.63, 3.8) is 0 Å². The Morgan fingerprint density at radius 2 is 1.74 bits per heavy atom. The molecule has 7 nitrogen and oxygen atoms in total. The van der Waals surface area contributed by atoms with Crippen molar-refractivity contribution in [2.45, 2.75) is 115 Å². The van der Waals surface area contributed by atoms with E-state index in [-0.39, 0.29) is 24.5 Å². The lowest BCUT2D eigenvalue weighted by atomic mass is 9.45. The van der Waals surface area contributed by atoms with E-state index in [0.29, 0.717) is 43.3 Å². The number of hydrogen-bond donors (Lipinski definition) is 6. The zero-order chi connectivity index (χ0) is 26.4. The molecule has 3 fully saturated rings. The van der Waals surface area contributed by atoms with Crippen molar-refractivity contribution in [1.29, 1.82) is 0 Å². The van der Waals surface area contributed by atoms with E-state index in [1.165, 1.54) is 0 Å². The largest absolute Gasteiger partial charge is 0.390 e. The molecule has 198 valence electrons. The molecule has 35 heavy (non-hydrogen) atoms. The van der Waals surface area contributed by atoms with E-state index in [9.17, 15) is 35.4 Å². The van der Waals surface area contributed by atoms with Gasteiger partial charge in [-0.2, -0.15) is 0 Å². The van der Waals surface area contributed by atoms with Gasteiger partial charge in [0.05, 0.1) is 35.1 Å². The van der Waals surface area contributed by atoms with Gasteiger partial charge in [-0.15, -0.1) is 0 Å². The van der Waals surface area contributed by atoms with Gasteiger partial charge in [0.15, 0.2) is 5.78 Å². The van der Waals surface area contributed by atoms with Crippen molar-refractivity contribution in [3.05, 3.63) is 23.8 Å². The van der Waals surface area contributed by atoms with Crippen LogP contribution in [-0.2, 0) is 4.79 Å². The van der Waals surface area contributed by atoms with E-state index < -0.39 is 57.8 Å². The minimum atomic E-state index is -1.54. The van der Waals surface area contributed by atoms with E-state index in [2.05, 4.69) is 6.58 Å². The first-order valence-corrected chi connectivity index (χ1v) is 13.0. The summed E-state index contributed by atoms with van der Waals surface area (Å²) in [6.45, 7) is 12.6. The second kappa shape index (κ2) is 8.20. The summed E-state index contributed by atoms with van der Waals surface area (Å²) in [5.74, 6) is -1.04. The Balaban J connectivity index is 1.67. The molecule has 4 aliphatic rings. The van der Waals surface area contributed by atoms with Crippen molar-refractivity contribution in [2.24, 2.45) is 28.6 Å². The summed E-state index contributed by atoms with van der Waals surface area (Å²) in [6, 6.07) is 0. The van der Waals surface area contributed by atoms with Gasteiger partial charge in [0, 0.05) is 11.3 Å². The summed E-state index contributed by atoms with van der Waals surface area (Å²) in [5, 5.41) is 65.9. The Hall–Kier alpha value is -1.09. The third kappa shape index (κ3) is 3.80. The van der Waals surface area contributed by atoms with Gasteiger partial charge in [-0.3, -0.25) is 4.79 Å². The molecule has 0 aromatic rings. The lowest BCUT2D eigenvalue weighted by molar-refractivity contribution is -0.175. The summed E-state index contributed by atoms with van der Waals surface area (Å²) in [6.07, 6.45) is 1.27. The highest BCUT2D eigenvalue weighted by Gasteiger charge is 2.69. The van der Waals surface area contributed by atoms with Crippen molar-refractivity contribution >= 4 is 5.78 Å². The average molecular weight is 493 g/mol. The van der Waals surface area contributed by atoms with Crippen LogP contribution in [0.3, 0.4) is 0 Å². The lowest BCUT2D eigenvalue weighted by Crippen LogP contribution is -2.62. The molecule has 0 saturated heterocycles. The van der Waals surface area contributed by atoms with Crippen LogP contribution in [0.5, 0.6) is 0 Å². The molecule has 0 amide bonds. The zero-order valence-electron chi connectivity index (χ0n) is 21.8. The summed E-state index contributed by atoms with van der Waals surface area (Å²) in [4.78, 5) is 13.3. The second-order valence-corrected chi connectivity index (χ2v) is 13.2. The Labute approximate surface area is 208 Å². The maximum atomic E-state index is 13.3. The molecule has 0 spiro atoms. The summed E-state index contributed by atoms with van der Waals surface area (Å²) >= 11 is 0. The molecular formula is C28H44O7. The molecule has 0 unspecified atom stereocenters. The third-order valence-corrected chi connectivity index (χ3v) is 10.8. The standard InChI is InChI=1S/C28H44O7/c1-15(24(2,3)33)11-23(32)27(6,34)22-8-10-28(35)17-12-19(29)18-13-20(30)21(31)14-25(18,4)16(17)7-9-26(22,28)5/h12,16,18,20-23,30-35H,1,7-11,13-14H2,2-6H3/t16-,18-,20+,21-,22-,23+,25+,26+,27+,28+/m0/s1. The van der Waals surface area contributed by atoms with Crippen LogP contribution < -0.4 is 0 Å². The third-order valence-electron chi connectivity index (χ3n) is 10.8. The fourth-order valence-electron chi connectivity index (χ4n) is 8.23. The fourth-order valence-corrected chi connectivity index (χ4v) is 8.23. The van der Waals surface area contributed by atoms with Gasteiger partial charge in [-0.25, -0.2) is 0 Å². The van der Waals surface area contributed by atoms with Crippen LogP contribution >= 0.6 is 0 Å². The number of ketones is 1. The number of carbonyl (C=O) groups is 1. The van der Waals surface area contributed by atoms with E-state index >= 15 is 0 Å². The molecule has 0 radical (unpaired) electrons. The zero-order valence-corrected chi connectivity index (χ0v) is 21.8. The molecule has 10 atom stereocenters. The molecule has 3 saturated carbocycles. The first kappa shape index (κ1) is 27.0. The highest BCUT2D eigenvalue weighted by atomic mass is 16.3. The van der Waals surface area contributed by atoms with Crippen LogP contribution in [-0.4, -0.2) is 71.5 Å². The maximum Gasteiger partial charge on any atom is 0.159 e. The van der Waals surface area contributed by atoms with Gasteiger partial charge < -0.3 is 30.6 Å². The SMILES string of the molecule is C=C(C[C@@H](O)[C@](C)(O)[C@H]1CC[C@@]2(O)C3=CC(=O)[C@@H]4C[C@@H](O)[C@@H](O)C[C@]4(C)[C@H]3CC[C@]12C)C(C)(C)O. The minimum absolute atomic E-state index is 0.0330. The summed E-state index contributed by atoms with van der Waals surface area (Å²) < 4.78 is 0. The molecule has 6 N–H and O–H groups in total. The average Bonchev–Trinajstić information content (AvgIpc) is 3.01. The number of rotatable bonds is 5. The predicted molar refractivity (Wildman–Crippen MR) is 131 cm³/mol. The number of aliphatic hydroxyl groups is 6. The summed E-state index contributed by atoms with van der Waals surface area (Å²) in [5.41, 5.74) is -4.27. The van der Waals surface area contributed by atoms with Crippen LogP contribution in [0.4, 0.5) is 0 Å². The molecule has 0 aromatic carbocycles. The Morgan fingerprint density at radius 1 is 1.11 bits per heavy atom. The fraction of sp³-hybridized carbons (Fsp3) is 0.821. The highest BCUT2D eigenvalue weighted by molar-refractivity contribution is 5.95. The topological polar surface area (TPSA) is 138 Å². The lowest BCUT2D eigenvalue weighted by Gasteiger charge is -2.60. The van der Waals surface area contributed by atoms with E-state index in [0.717, 1.165) is 0 Å². The Kier molecular flexibility index (Phi) is 6.32. The quantitative estimate of drug-likeness (QED) is 0.323. The van der Waals surface area contributed by atoms with Crippen LogP contribution in [0.2, 0.25) is 0 Å². The van der Waals surface area contributed by atoms with Crippen molar-refractivity contribution in [3.8, 4) is 0 Å². The first-order chi connectivity index (χ1) is 15.9. The number of allylic oxidation sites excluding steroid dienone is 1. The van der Waals surface area contributed by atoms with Crippen molar-refractivity contribution in [2.75, 3.05) is 0 Å². The molecule has 7 heteroatoms. The summed E-state index contributed by atoms with van der Waals surface area (Å²) in [7, 11) is 0. The Morgan fingerprint density at radius 3 is 2.34 bits per heavy atom. The van der Waals surface area contributed by atoms with Gasteiger partial charge in [-0.05, 0) is 100 Å². The monoisotopic (exact) mass is 492 g/mol. The number of aliphatic hydroxyl groups excluding tert-OH is 3. The minimum Gasteiger partial charge on any atom is -0.390 e. The van der Waals surface area contributed by atoms with E-state index in [1.54, 1.807) is 26.8 Å². The van der Waals surface area contributed by atoms with Crippen molar-refractivity contribution in [1.82, 2.24) is 0 Å². The van der Waals surface area contributed by atoms with Gasteiger partial charge in [-0.1, -0.05) is 20.4 Å². The van der Waals surface area contributed by atoms with Crippen LogP contribution in [0.25, 0.3) is 0 Å². The maximum absolute atomic E-state index is 13.3. The Bertz CT molecular complexity index is 932. The molecule has 4 aliphatic carbocycles.